The lowest BCUT2D eigenvalue weighted by Crippen LogP contribution is -2.41. The molecule has 1 aromatic carbocycles. The molecule has 3 N–H and O–H groups in total. The van der Waals surface area contributed by atoms with Gasteiger partial charge in [0.2, 0.25) is 5.91 Å². The number of hydrogen-bond donors (Lipinski definition) is 2. The molecule has 0 heterocycles. The smallest absolute Gasteiger partial charge is 0.223 e. The summed E-state index contributed by atoms with van der Waals surface area (Å²) in [5.41, 5.74) is 6.38. The Morgan fingerprint density at radius 1 is 1.35 bits per heavy atom. The highest BCUT2D eigenvalue weighted by atomic mass is 16.5. The summed E-state index contributed by atoms with van der Waals surface area (Å²) in [6, 6.07) is 7.67. The maximum absolute atomic E-state index is 11.9. The maximum atomic E-state index is 11.9. The number of nitrogens with two attached hydrogens (primary N) is 1. The maximum Gasteiger partial charge on any atom is 0.223 e. The highest BCUT2D eigenvalue weighted by molar-refractivity contribution is 5.76. The first-order valence-electron chi connectivity index (χ1n) is 7.43. The van der Waals surface area contributed by atoms with Crippen LogP contribution in [0, 0.1) is 5.92 Å². The molecule has 1 aromatic rings. The number of anilines is 1. The summed E-state index contributed by atoms with van der Waals surface area (Å²) in [4.78, 5) is 11.9. The zero-order valence-corrected chi connectivity index (χ0v) is 12.1. The molecule has 1 saturated carbocycles. The van der Waals surface area contributed by atoms with E-state index in [9.17, 15) is 4.79 Å². The number of nitrogen functional groups attached to an aromatic ring is 1. The quantitative estimate of drug-likeness (QED) is 0.813. The van der Waals surface area contributed by atoms with Crippen LogP contribution in [0.3, 0.4) is 0 Å². The molecule has 1 aliphatic carbocycles. The molecule has 0 bridgehead atoms. The summed E-state index contributed by atoms with van der Waals surface area (Å²) in [5, 5.41) is 3.12. The summed E-state index contributed by atoms with van der Waals surface area (Å²) in [6.07, 6.45) is 5.18. The van der Waals surface area contributed by atoms with Gasteiger partial charge in [-0.1, -0.05) is 31.9 Å². The van der Waals surface area contributed by atoms with E-state index in [0.717, 1.165) is 6.42 Å². The zero-order chi connectivity index (χ0) is 14.4. The van der Waals surface area contributed by atoms with E-state index < -0.39 is 0 Å². The van der Waals surface area contributed by atoms with Gasteiger partial charge in [-0.3, -0.25) is 4.79 Å². The molecular formula is C16H24N2O2. The SMILES string of the molecule is CC1CCCCC1NC(=O)CCOc1ccccc1N. The molecule has 0 radical (unpaired) electrons. The van der Waals surface area contributed by atoms with Gasteiger partial charge in [0.05, 0.1) is 18.7 Å². The Labute approximate surface area is 120 Å². The standard InChI is InChI=1S/C16H24N2O2/c1-12-6-2-4-8-14(12)18-16(19)10-11-20-15-9-5-3-7-13(15)17/h3,5,7,9,12,14H,2,4,6,8,10-11,17H2,1H3,(H,18,19). The lowest BCUT2D eigenvalue weighted by atomic mass is 9.86. The summed E-state index contributed by atoms with van der Waals surface area (Å²) in [5.74, 6) is 1.29. The van der Waals surface area contributed by atoms with Crippen LogP contribution < -0.4 is 15.8 Å². The number of nitrogens with one attached hydrogen (secondary N) is 1. The molecule has 2 unspecified atom stereocenters. The Bertz CT molecular complexity index is 448. The van der Waals surface area contributed by atoms with E-state index in [2.05, 4.69) is 12.2 Å². The van der Waals surface area contributed by atoms with Crippen LogP contribution in [0.1, 0.15) is 39.0 Å². The van der Waals surface area contributed by atoms with Crippen molar-refractivity contribution in [2.24, 2.45) is 5.92 Å². The van der Waals surface area contributed by atoms with Crippen molar-refractivity contribution in [2.75, 3.05) is 12.3 Å². The van der Waals surface area contributed by atoms with Crippen molar-refractivity contribution in [1.29, 1.82) is 0 Å². The average molecular weight is 276 g/mol. The topological polar surface area (TPSA) is 64.3 Å². The van der Waals surface area contributed by atoms with Gasteiger partial charge in [0.1, 0.15) is 5.75 Å². The van der Waals surface area contributed by atoms with Crippen LogP contribution in [0.5, 0.6) is 5.75 Å². The van der Waals surface area contributed by atoms with Gasteiger partial charge >= 0.3 is 0 Å². The highest BCUT2D eigenvalue weighted by Crippen LogP contribution is 2.24. The number of ether oxygens (including phenoxy) is 1. The van der Waals surface area contributed by atoms with Crippen LogP contribution in [-0.2, 0) is 4.79 Å². The summed E-state index contributed by atoms with van der Waals surface area (Å²) >= 11 is 0. The summed E-state index contributed by atoms with van der Waals surface area (Å²) < 4.78 is 5.54. The van der Waals surface area contributed by atoms with E-state index in [4.69, 9.17) is 10.5 Å². The number of carbonyl (C=O) groups excluding carboxylic acids is 1. The molecule has 2 atom stereocenters. The molecular weight excluding hydrogens is 252 g/mol. The number of hydrogen-bond acceptors (Lipinski definition) is 3. The Hall–Kier alpha value is -1.71. The van der Waals surface area contributed by atoms with Crippen molar-refractivity contribution < 1.29 is 9.53 Å². The van der Waals surface area contributed by atoms with Crippen molar-refractivity contribution in [3.05, 3.63) is 24.3 Å². The second kappa shape index (κ2) is 7.17. The third kappa shape index (κ3) is 4.15. The monoisotopic (exact) mass is 276 g/mol. The van der Waals surface area contributed by atoms with Crippen LogP contribution in [0.15, 0.2) is 24.3 Å². The van der Waals surface area contributed by atoms with Gasteiger partial charge in [0, 0.05) is 6.04 Å². The second-order valence-corrected chi connectivity index (χ2v) is 5.57. The third-order valence-electron chi connectivity index (χ3n) is 3.96. The first-order valence-corrected chi connectivity index (χ1v) is 7.43. The van der Waals surface area contributed by atoms with E-state index >= 15 is 0 Å². The Kier molecular flexibility index (Phi) is 5.27. The molecule has 0 aromatic heterocycles. The van der Waals surface area contributed by atoms with Gasteiger partial charge in [-0.15, -0.1) is 0 Å². The lowest BCUT2D eigenvalue weighted by molar-refractivity contribution is -0.122. The third-order valence-corrected chi connectivity index (χ3v) is 3.96. The van der Waals surface area contributed by atoms with Crippen LogP contribution >= 0.6 is 0 Å². The van der Waals surface area contributed by atoms with Gasteiger partial charge in [0.15, 0.2) is 0 Å². The van der Waals surface area contributed by atoms with E-state index in [1.165, 1.54) is 19.3 Å². The highest BCUT2D eigenvalue weighted by Gasteiger charge is 2.22. The molecule has 0 aliphatic heterocycles. The van der Waals surface area contributed by atoms with Crippen LogP contribution in [0.4, 0.5) is 5.69 Å². The molecule has 0 spiro atoms. The van der Waals surface area contributed by atoms with Crippen LogP contribution in [0.2, 0.25) is 0 Å². The van der Waals surface area contributed by atoms with Crippen molar-refractivity contribution >= 4 is 11.6 Å². The molecule has 0 saturated heterocycles. The minimum Gasteiger partial charge on any atom is -0.491 e. The number of benzene rings is 1. The summed E-state index contributed by atoms with van der Waals surface area (Å²) in [6.45, 7) is 2.58. The van der Waals surface area contributed by atoms with Gasteiger partial charge in [-0.05, 0) is 30.9 Å². The van der Waals surface area contributed by atoms with E-state index in [1.54, 1.807) is 6.07 Å². The average Bonchev–Trinajstić information content (AvgIpc) is 2.43. The second-order valence-electron chi connectivity index (χ2n) is 5.57. The molecule has 20 heavy (non-hydrogen) atoms. The molecule has 1 amide bonds. The largest absolute Gasteiger partial charge is 0.491 e. The molecule has 1 aliphatic rings. The van der Waals surface area contributed by atoms with Gasteiger partial charge in [-0.25, -0.2) is 0 Å². The Morgan fingerprint density at radius 3 is 2.85 bits per heavy atom. The fourth-order valence-electron chi connectivity index (χ4n) is 2.68. The van der Waals surface area contributed by atoms with Crippen molar-refractivity contribution in [3.8, 4) is 5.75 Å². The molecule has 4 nitrogen and oxygen atoms in total. The molecule has 1 fully saturated rings. The van der Waals surface area contributed by atoms with Crippen molar-refractivity contribution in [2.45, 2.75) is 45.1 Å². The van der Waals surface area contributed by atoms with Crippen LogP contribution in [-0.4, -0.2) is 18.6 Å². The minimum absolute atomic E-state index is 0.0678. The van der Waals surface area contributed by atoms with Crippen LogP contribution in [0.25, 0.3) is 0 Å². The minimum atomic E-state index is 0.0678. The molecule has 110 valence electrons. The van der Waals surface area contributed by atoms with Gasteiger partial charge in [0.25, 0.3) is 0 Å². The predicted molar refractivity (Wildman–Crippen MR) is 80.5 cm³/mol. The zero-order valence-electron chi connectivity index (χ0n) is 12.1. The van der Waals surface area contributed by atoms with E-state index in [1.807, 2.05) is 18.2 Å². The molecule has 2 rings (SSSR count). The molecule has 4 heteroatoms. The number of amides is 1. The van der Waals surface area contributed by atoms with Gasteiger partial charge < -0.3 is 15.8 Å². The normalized spacial score (nSPS) is 22.2. The van der Waals surface area contributed by atoms with Crippen molar-refractivity contribution in [1.82, 2.24) is 5.32 Å². The lowest BCUT2D eigenvalue weighted by Gasteiger charge is -2.29. The van der Waals surface area contributed by atoms with Crippen molar-refractivity contribution in [3.63, 3.8) is 0 Å². The first-order chi connectivity index (χ1) is 9.66. The van der Waals surface area contributed by atoms with Gasteiger partial charge in [-0.2, -0.15) is 0 Å². The fraction of sp³-hybridized carbons (Fsp3) is 0.562. The number of carbonyl (C=O) groups is 1. The van der Waals surface area contributed by atoms with E-state index in [-0.39, 0.29) is 5.91 Å². The number of para-hydroxylation sites is 2. The first kappa shape index (κ1) is 14.7. The predicted octanol–water partition coefficient (Wildman–Crippen LogP) is 2.73. The fourth-order valence-corrected chi connectivity index (χ4v) is 2.68. The summed E-state index contributed by atoms with van der Waals surface area (Å²) in [7, 11) is 0. The Balaban J connectivity index is 1.71. The number of rotatable bonds is 5. The van der Waals surface area contributed by atoms with E-state index in [0.29, 0.717) is 36.4 Å². The Morgan fingerprint density at radius 2 is 2.10 bits per heavy atom.